The summed E-state index contributed by atoms with van der Waals surface area (Å²) in [5.41, 5.74) is 1.49. The zero-order valence-electron chi connectivity index (χ0n) is 13.8. The van der Waals surface area contributed by atoms with Gasteiger partial charge < -0.3 is 18.8 Å². The van der Waals surface area contributed by atoms with Crippen molar-refractivity contribution in [3.05, 3.63) is 65.9 Å². The van der Waals surface area contributed by atoms with Gasteiger partial charge in [0.15, 0.2) is 5.76 Å². The van der Waals surface area contributed by atoms with Crippen molar-refractivity contribution in [3.63, 3.8) is 0 Å². The third-order valence-electron chi connectivity index (χ3n) is 4.32. The molecule has 0 aliphatic carbocycles. The van der Waals surface area contributed by atoms with Crippen molar-refractivity contribution in [2.24, 2.45) is 0 Å². The molecule has 0 atom stereocenters. The number of fused-ring (bicyclic) bond motifs is 1. The van der Waals surface area contributed by atoms with Crippen LogP contribution in [0.5, 0.6) is 5.75 Å². The van der Waals surface area contributed by atoms with E-state index in [1.807, 2.05) is 54.6 Å². The lowest BCUT2D eigenvalue weighted by atomic mass is 10.1. The SMILES string of the molecule is O=C(c1oc2ccccc2c1COc1ccccc1)N1CCOCC1. The van der Waals surface area contributed by atoms with Gasteiger partial charge in [-0.1, -0.05) is 36.4 Å². The molecule has 4 rings (SSSR count). The maximum Gasteiger partial charge on any atom is 0.290 e. The standard InChI is InChI=1S/C20H19NO4/c22-20(21-10-12-23-13-11-21)19-17(14-24-15-6-2-1-3-7-15)16-8-4-5-9-18(16)25-19/h1-9H,10-14H2. The Morgan fingerprint density at radius 2 is 1.72 bits per heavy atom. The number of morpholine rings is 1. The quantitative estimate of drug-likeness (QED) is 0.731. The number of nitrogens with zero attached hydrogens (tertiary/aromatic N) is 1. The Hall–Kier alpha value is -2.79. The summed E-state index contributed by atoms with van der Waals surface area (Å²) in [4.78, 5) is 14.7. The first kappa shape index (κ1) is 15.7. The van der Waals surface area contributed by atoms with Gasteiger partial charge in [0.05, 0.1) is 13.2 Å². The molecule has 1 saturated heterocycles. The Morgan fingerprint density at radius 1 is 1.00 bits per heavy atom. The summed E-state index contributed by atoms with van der Waals surface area (Å²) in [5.74, 6) is 1.02. The minimum atomic E-state index is -0.105. The first-order valence-corrected chi connectivity index (χ1v) is 8.38. The van der Waals surface area contributed by atoms with E-state index in [0.717, 1.165) is 16.7 Å². The van der Waals surface area contributed by atoms with E-state index in [4.69, 9.17) is 13.9 Å². The maximum atomic E-state index is 12.9. The van der Waals surface area contributed by atoms with Gasteiger partial charge in [-0.25, -0.2) is 0 Å². The van der Waals surface area contributed by atoms with Crippen LogP contribution in [0.4, 0.5) is 0 Å². The van der Waals surface area contributed by atoms with Gasteiger partial charge in [-0.15, -0.1) is 0 Å². The van der Waals surface area contributed by atoms with Crippen LogP contribution in [0.2, 0.25) is 0 Å². The third kappa shape index (κ3) is 3.23. The summed E-state index contributed by atoms with van der Waals surface area (Å²) in [6.45, 7) is 2.56. The van der Waals surface area contributed by atoms with Crippen LogP contribution in [0.3, 0.4) is 0 Å². The lowest BCUT2D eigenvalue weighted by Crippen LogP contribution is -2.40. The number of ether oxygens (including phenoxy) is 2. The van der Waals surface area contributed by atoms with Gasteiger partial charge in [0.1, 0.15) is 17.9 Å². The van der Waals surface area contributed by atoms with E-state index >= 15 is 0 Å². The summed E-state index contributed by atoms with van der Waals surface area (Å²) < 4.78 is 17.1. The molecule has 2 heterocycles. The number of carbonyl (C=O) groups excluding carboxylic acids is 1. The van der Waals surface area contributed by atoms with Crippen LogP contribution in [0.1, 0.15) is 16.1 Å². The van der Waals surface area contributed by atoms with Crippen LogP contribution in [-0.4, -0.2) is 37.1 Å². The monoisotopic (exact) mass is 337 g/mol. The maximum absolute atomic E-state index is 12.9. The smallest absolute Gasteiger partial charge is 0.290 e. The number of amides is 1. The summed E-state index contributed by atoms with van der Waals surface area (Å²) in [7, 11) is 0. The highest BCUT2D eigenvalue weighted by Gasteiger charge is 2.26. The van der Waals surface area contributed by atoms with Crippen LogP contribution in [0, 0.1) is 0 Å². The molecule has 1 aliphatic rings. The zero-order valence-corrected chi connectivity index (χ0v) is 13.8. The highest BCUT2D eigenvalue weighted by Crippen LogP contribution is 2.28. The number of hydrogen-bond acceptors (Lipinski definition) is 4. The topological polar surface area (TPSA) is 51.9 Å². The van der Waals surface area contributed by atoms with Crippen molar-refractivity contribution in [3.8, 4) is 5.75 Å². The molecule has 5 nitrogen and oxygen atoms in total. The van der Waals surface area contributed by atoms with Gasteiger partial charge in [-0.05, 0) is 18.2 Å². The lowest BCUT2D eigenvalue weighted by molar-refractivity contribution is 0.0282. The van der Waals surface area contributed by atoms with Crippen molar-refractivity contribution in [1.29, 1.82) is 0 Å². The summed E-state index contributed by atoms with van der Waals surface area (Å²) >= 11 is 0. The van der Waals surface area contributed by atoms with Gasteiger partial charge in [0.25, 0.3) is 5.91 Å². The van der Waals surface area contributed by atoms with Crippen LogP contribution < -0.4 is 4.74 Å². The second-order valence-corrected chi connectivity index (χ2v) is 5.91. The Morgan fingerprint density at radius 3 is 2.52 bits per heavy atom. The zero-order chi connectivity index (χ0) is 17.1. The van der Waals surface area contributed by atoms with Gasteiger partial charge in [0.2, 0.25) is 0 Å². The summed E-state index contributed by atoms with van der Waals surface area (Å²) in [5, 5.41) is 0.912. The molecule has 0 N–H and O–H groups in total. The number of rotatable bonds is 4. The highest BCUT2D eigenvalue weighted by atomic mass is 16.5. The molecule has 1 aliphatic heterocycles. The molecule has 25 heavy (non-hydrogen) atoms. The number of hydrogen-bond donors (Lipinski definition) is 0. The summed E-state index contributed by atoms with van der Waals surface area (Å²) in [6.07, 6.45) is 0. The van der Waals surface area contributed by atoms with Crippen LogP contribution in [0.25, 0.3) is 11.0 Å². The van der Waals surface area contributed by atoms with E-state index < -0.39 is 0 Å². The molecule has 0 radical (unpaired) electrons. The number of para-hydroxylation sites is 2. The van der Waals surface area contributed by atoms with E-state index in [2.05, 4.69) is 0 Å². The van der Waals surface area contributed by atoms with E-state index in [1.165, 1.54) is 0 Å². The number of furan rings is 1. The fraction of sp³-hybridized carbons (Fsp3) is 0.250. The minimum absolute atomic E-state index is 0.105. The fourth-order valence-electron chi connectivity index (χ4n) is 3.00. The van der Waals surface area contributed by atoms with Gasteiger partial charge in [-0.3, -0.25) is 4.79 Å². The van der Waals surface area contributed by atoms with Crippen molar-refractivity contribution in [2.75, 3.05) is 26.3 Å². The number of benzene rings is 2. The normalized spacial score (nSPS) is 14.6. The van der Waals surface area contributed by atoms with Crippen molar-refractivity contribution in [1.82, 2.24) is 4.90 Å². The van der Waals surface area contributed by atoms with E-state index in [-0.39, 0.29) is 12.5 Å². The fourth-order valence-corrected chi connectivity index (χ4v) is 3.00. The van der Waals surface area contributed by atoms with Crippen molar-refractivity contribution >= 4 is 16.9 Å². The van der Waals surface area contributed by atoms with Crippen molar-refractivity contribution in [2.45, 2.75) is 6.61 Å². The molecular formula is C20H19NO4. The van der Waals surface area contributed by atoms with Crippen molar-refractivity contribution < 1.29 is 18.7 Å². The van der Waals surface area contributed by atoms with E-state index in [9.17, 15) is 4.79 Å². The first-order valence-electron chi connectivity index (χ1n) is 8.38. The molecule has 1 aromatic heterocycles. The lowest BCUT2D eigenvalue weighted by Gasteiger charge is -2.26. The first-order chi connectivity index (χ1) is 12.3. The Balaban J connectivity index is 1.66. The molecule has 1 amide bonds. The molecule has 128 valence electrons. The third-order valence-corrected chi connectivity index (χ3v) is 4.32. The van der Waals surface area contributed by atoms with Gasteiger partial charge in [-0.2, -0.15) is 0 Å². The Bertz CT molecular complexity index is 866. The average Bonchev–Trinajstić information content (AvgIpc) is 3.06. The molecule has 0 unspecified atom stereocenters. The van der Waals surface area contributed by atoms with Gasteiger partial charge >= 0.3 is 0 Å². The van der Waals surface area contributed by atoms with E-state index in [0.29, 0.717) is 37.6 Å². The van der Waals surface area contributed by atoms with Crippen LogP contribution in [-0.2, 0) is 11.3 Å². The molecular weight excluding hydrogens is 318 g/mol. The Labute approximate surface area is 145 Å². The molecule has 2 aromatic carbocycles. The van der Waals surface area contributed by atoms with Crippen LogP contribution >= 0.6 is 0 Å². The molecule has 5 heteroatoms. The average molecular weight is 337 g/mol. The Kier molecular flexibility index (Phi) is 4.39. The minimum Gasteiger partial charge on any atom is -0.489 e. The largest absolute Gasteiger partial charge is 0.489 e. The van der Waals surface area contributed by atoms with Crippen LogP contribution in [0.15, 0.2) is 59.0 Å². The van der Waals surface area contributed by atoms with Gasteiger partial charge in [0, 0.05) is 24.0 Å². The van der Waals surface area contributed by atoms with E-state index in [1.54, 1.807) is 4.90 Å². The second-order valence-electron chi connectivity index (χ2n) is 5.91. The second kappa shape index (κ2) is 6.99. The molecule has 0 saturated carbocycles. The molecule has 0 spiro atoms. The molecule has 0 bridgehead atoms. The summed E-state index contributed by atoms with van der Waals surface area (Å²) in [6, 6.07) is 17.2. The predicted molar refractivity (Wildman–Crippen MR) is 93.7 cm³/mol. The highest BCUT2D eigenvalue weighted by molar-refractivity contribution is 5.99. The molecule has 1 fully saturated rings. The predicted octanol–water partition coefficient (Wildman–Crippen LogP) is 3.48. The number of carbonyl (C=O) groups is 1. The molecule has 3 aromatic rings.